The fraction of sp³-hybridized carbons (Fsp3) is 0.409. The van der Waals surface area contributed by atoms with Crippen LogP contribution in [0.2, 0.25) is 0 Å². The number of amides is 1. The average molecular weight is 400 g/mol. The molecule has 29 heavy (non-hydrogen) atoms. The molecule has 7 nitrogen and oxygen atoms in total. The van der Waals surface area contributed by atoms with Crippen molar-refractivity contribution in [2.45, 2.75) is 46.1 Å². The van der Waals surface area contributed by atoms with Crippen LogP contribution in [0, 0.1) is 17.0 Å². The smallest absolute Gasteiger partial charge is 0.407 e. The monoisotopic (exact) mass is 400 g/mol. The molecule has 2 aromatic carbocycles. The van der Waals surface area contributed by atoms with Gasteiger partial charge in [-0.2, -0.15) is 0 Å². The van der Waals surface area contributed by atoms with Gasteiger partial charge in [-0.25, -0.2) is 4.79 Å². The molecule has 0 aliphatic carbocycles. The number of hydrogen-bond acceptors (Lipinski definition) is 5. The maximum atomic E-state index is 11.8. The number of methoxy groups -OCH3 is 1. The quantitative estimate of drug-likeness (QED) is 0.531. The summed E-state index contributed by atoms with van der Waals surface area (Å²) in [4.78, 5) is 22.7. The predicted octanol–water partition coefficient (Wildman–Crippen LogP) is 5.21. The summed E-state index contributed by atoms with van der Waals surface area (Å²) in [5.41, 5.74) is 2.58. The van der Waals surface area contributed by atoms with E-state index < -0.39 is 16.6 Å². The second-order valence-electron chi connectivity index (χ2n) is 8.00. The van der Waals surface area contributed by atoms with Gasteiger partial charge >= 0.3 is 6.09 Å². The van der Waals surface area contributed by atoms with Crippen molar-refractivity contribution < 1.29 is 19.2 Å². The Bertz CT molecular complexity index is 885. The number of carbonyl (C=O) groups excluding carboxylic acids is 1. The second-order valence-corrected chi connectivity index (χ2v) is 8.00. The van der Waals surface area contributed by atoms with Crippen LogP contribution in [-0.2, 0) is 4.74 Å². The molecule has 0 fully saturated rings. The van der Waals surface area contributed by atoms with E-state index in [0.717, 1.165) is 11.1 Å². The van der Waals surface area contributed by atoms with E-state index >= 15 is 0 Å². The van der Waals surface area contributed by atoms with Gasteiger partial charge in [0.2, 0.25) is 0 Å². The Morgan fingerprint density at radius 1 is 1.21 bits per heavy atom. The molecule has 0 bridgehead atoms. The molecule has 1 unspecified atom stereocenters. The van der Waals surface area contributed by atoms with E-state index in [1.807, 2.05) is 52.0 Å². The van der Waals surface area contributed by atoms with Gasteiger partial charge in [-0.1, -0.05) is 31.2 Å². The number of benzene rings is 2. The molecular weight excluding hydrogens is 372 g/mol. The maximum Gasteiger partial charge on any atom is 0.407 e. The lowest BCUT2D eigenvalue weighted by Gasteiger charge is -2.21. The number of ether oxygens (including phenoxy) is 2. The lowest BCUT2D eigenvalue weighted by molar-refractivity contribution is -0.385. The van der Waals surface area contributed by atoms with Gasteiger partial charge in [-0.3, -0.25) is 10.1 Å². The van der Waals surface area contributed by atoms with E-state index in [1.54, 1.807) is 20.1 Å². The summed E-state index contributed by atoms with van der Waals surface area (Å²) in [6, 6.07) is 10.9. The number of hydrogen-bond donors (Lipinski definition) is 1. The summed E-state index contributed by atoms with van der Waals surface area (Å²) >= 11 is 0. The zero-order valence-electron chi connectivity index (χ0n) is 17.7. The van der Waals surface area contributed by atoms with Gasteiger partial charge in [0.15, 0.2) is 0 Å². The Labute approximate surface area is 171 Å². The van der Waals surface area contributed by atoms with Crippen LogP contribution in [-0.4, -0.2) is 30.3 Å². The molecule has 1 N–H and O–H groups in total. The highest BCUT2D eigenvalue weighted by atomic mass is 16.6. The van der Waals surface area contributed by atoms with Crippen molar-refractivity contribution in [1.29, 1.82) is 0 Å². The van der Waals surface area contributed by atoms with Crippen LogP contribution in [0.1, 0.15) is 44.7 Å². The Morgan fingerprint density at radius 3 is 2.34 bits per heavy atom. The van der Waals surface area contributed by atoms with Crippen molar-refractivity contribution in [3.05, 3.63) is 57.6 Å². The van der Waals surface area contributed by atoms with Gasteiger partial charge in [0.05, 0.1) is 12.0 Å². The molecule has 0 heterocycles. The molecule has 0 aliphatic heterocycles. The maximum absolute atomic E-state index is 11.8. The summed E-state index contributed by atoms with van der Waals surface area (Å²) in [6.07, 6.45) is -0.447. The molecule has 0 radical (unpaired) electrons. The van der Waals surface area contributed by atoms with Gasteiger partial charge in [0.25, 0.3) is 5.69 Å². The Kier molecular flexibility index (Phi) is 6.84. The van der Waals surface area contributed by atoms with E-state index in [1.165, 1.54) is 6.07 Å². The average Bonchev–Trinajstić information content (AvgIpc) is 2.64. The van der Waals surface area contributed by atoms with Crippen LogP contribution in [0.25, 0.3) is 11.1 Å². The summed E-state index contributed by atoms with van der Waals surface area (Å²) in [5, 5.41) is 14.1. The first-order chi connectivity index (χ1) is 13.5. The highest BCUT2D eigenvalue weighted by Crippen LogP contribution is 2.36. The minimum Gasteiger partial charge on any atom is -0.496 e. The van der Waals surface area contributed by atoms with Crippen LogP contribution >= 0.6 is 0 Å². The molecule has 2 rings (SSSR count). The lowest BCUT2D eigenvalue weighted by atomic mass is 9.96. The van der Waals surface area contributed by atoms with Crippen LogP contribution in [0.5, 0.6) is 5.75 Å². The van der Waals surface area contributed by atoms with Gasteiger partial charge in [-0.15, -0.1) is 0 Å². The van der Waals surface area contributed by atoms with Crippen LogP contribution in [0.4, 0.5) is 10.5 Å². The van der Waals surface area contributed by atoms with Crippen molar-refractivity contribution in [1.82, 2.24) is 5.32 Å². The van der Waals surface area contributed by atoms with Gasteiger partial charge in [0, 0.05) is 23.7 Å². The highest BCUT2D eigenvalue weighted by Gasteiger charge is 2.18. The van der Waals surface area contributed by atoms with Crippen LogP contribution in [0.15, 0.2) is 36.4 Å². The molecule has 0 saturated heterocycles. The largest absolute Gasteiger partial charge is 0.496 e. The number of alkyl carbamates (subject to hydrolysis) is 1. The molecular formula is C22H28N2O5. The van der Waals surface area contributed by atoms with Gasteiger partial charge in [-0.05, 0) is 50.8 Å². The predicted molar refractivity (Wildman–Crippen MR) is 112 cm³/mol. The Hall–Kier alpha value is -3.09. The minimum absolute atomic E-state index is 0.0554. The molecule has 156 valence electrons. The molecule has 1 atom stereocenters. The zero-order chi connectivity index (χ0) is 21.8. The number of nitrogens with zero attached hydrogens (tertiary/aromatic N) is 1. The minimum atomic E-state index is -0.537. The number of nitrogens with one attached hydrogen (secondary N) is 1. The van der Waals surface area contributed by atoms with E-state index in [9.17, 15) is 14.9 Å². The van der Waals surface area contributed by atoms with Crippen molar-refractivity contribution in [2.24, 2.45) is 0 Å². The first-order valence-corrected chi connectivity index (χ1v) is 9.42. The number of nitro benzene ring substituents is 1. The van der Waals surface area contributed by atoms with E-state index in [2.05, 4.69) is 5.32 Å². The van der Waals surface area contributed by atoms with E-state index in [0.29, 0.717) is 23.4 Å². The van der Waals surface area contributed by atoms with Gasteiger partial charge in [0.1, 0.15) is 11.4 Å². The zero-order valence-corrected chi connectivity index (χ0v) is 17.7. The molecule has 1 amide bonds. The molecule has 0 aromatic heterocycles. The summed E-state index contributed by atoms with van der Waals surface area (Å²) < 4.78 is 10.7. The molecule has 7 heteroatoms. The third-order valence-electron chi connectivity index (χ3n) is 4.46. The van der Waals surface area contributed by atoms with Crippen LogP contribution in [0.3, 0.4) is 0 Å². The van der Waals surface area contributed by atoms with Crippen molar-refractivity contribution >= 4 is 11.8 Å². The summed E-state index contributed by atoms with van der Waals surface area (Å²) in [7, 11) is 1.54. The first kappa shape index (κ1) is 22.2. The van der Waals surface area contributed by atoms with E-state index in [-0.39, 0.29) is 11.6 Å². The van der Waals surface area contributed by atoms with Crippen molar-refractivity contribution in [3.8, 4) is 16.9 Å². The Balaban J connectivity index is 2.17. The summed E-state index contributed by atoms with van der Waals surface area (Å²) in [6.45, 7) is 9.58. The van der Waals surface area contributed by atoms with E-state index in [4.69, 9.17) is 9.47 Å². The molecule has 0 aliphatic rings. The van der Waals surface area contributed by atoms with Crippen molar-refractivity contribution in [3.63, 3.8) is 0 Å². The fourth-order valence-electron chi connectivity index (χ4n) is 2.92. The number of nitro groups is 1. The standard InChI is InChI=1S/C22H28N2O5/c1-14-11-20(28-6)18(12-19(14)24(26)27)17-9-7-16(8-10-17)15(2)13-23-21(25)29-22(3,4)5/h7-12,15H,13H2,1-6H3,(H,23,25). The molecule has 0 saturated carbocycles. The number of rotatable bonds is 6. The number of carbonyl (C=O) groups is 1. The third-order valence-corrected chi connectivity index (χ3v) is 4.46. The highest BCUT2D eigenvalue weighted by molar-refractivity contribution is 5.74. The SMILES string of the molecule is COc1cc(C)c([N+](=O)[O-])cc1-c1ccc(C(C)CNC(=O)OC(C)(C)C)cc1. The second kappa shape index (κ2) is 8.94. The number of aryl methyl sites for hydroxylation is 1. The normalized spacial score (nSPS) is 12.2. The first-order valence-electron chi connectivity index (χ1n) is 9.42. The molecule has 2 aromatic rings. The Morgan fingerprint density at radius 2 is 1.83 bits per heavy atom. The topological polar surface area (TPSA) is 90.7 Å². The van der Waals surface area contributed by atoms with Gasteiger partial charge < -0.3 is 14.8 Å². The molecule has 0 spiro atoms. The fourth-order valence-corrected chi connectivity index (χ4v) is 2.92. The van der Waals surface area contributed by atoms with Crippen LogP contribution < -0.4 is 10.1 Å². The lowest BCUT2D eigenvalue weighted by Crippen LogP contribution is -2.34. The summed E-state index contributed by atoms with van der Waals surface area (Å²) in [5.74, 6) is 0.659. The third kappa shape index (κ3) is 5.94. The van der Waals surface area contributed by atoms with Crippen molar-refractivity contribution in [2.75, 3.05) is 13.7 Å².